The number of nitrogens with one attached hydrogen (secondary N) is 1. The zero-order valence-corrected chi connectivity index (χ0v) is 16.7. The van der Waals surface area contributed by atoms with E-state index in [-0.39, 0.29) is 28.8 Å². The lowest BCUT2D eigenvalue weighted by Gasteiger charge is -2.33. The molecule has 0 amide bonds. The van der Waals surface area contributed by atoms with Crippen LogP contribution >= 0.6 is 11.6 Å². The minimum absolute atomic E-state index is 0.00441. The fourth-order valence-corrected chi connectivity index (χ4v) is 5.09. The van der Waals surface area contributed by atoms with Gasteiger partial charge in [-0.25, -0.2) is 21.6 Å². The van der Waals surface area contributed by atoms with E-state index in [1.54, 1.807) is 20.8 Å². The van der Waals surface area contributed by atoms with E-state index < -0.39 is 25.6 Å². The zero-order chi connectivity index (χ0) is 18.8. The van der Waals surface area contributed by atoms with E-state index in [9.17, 15) is 16.8 Å². The summed E-state index contributed by atoms with van der Waals surface area (Å²) in [5, 5.41) is 0.253. The molecule has 0 atom stereocenters. The van der Waals surface area contributed by atoms with Crippen molar-refractivity contribution in [3.05, 3.63) is 23.2 Å². The average molecular weight is 399 g/mol. The van der Waals surface area contributed by atoms with Gasteiger partial charge in [-0.1, -0.05) is 11.6 Å². The van der Waals surface area contributed by atoms with E-state index in [0.717, 1.165) is 6.26 Å². The van der Waals surface area contributed by atoms with Crippen LogP contribution in [-0.2, 0) is 20.0 Å². The van der Waals surface area contributed by atoms with Gasteiger partial charge in [0, 0.05) is 23.7 Å². The second kappa shape index (κ2) is 7.57. The van der Waals surface area contributed by atoms with Crippen molar-refractivity contribution in [1.29, 1.82) is 0 Å². The van der Waals surface area contributed by atoms with E-state index in [1.807, 2.05) is 0 Å². The van der Waals surface area contributed by atoms with Crippen LogP contribution in [0.1, 0.15) is 20.8 Å². The van der Waals surface area contributed by atoms with Crippen molar-refractivity contribution in [1.82, 2.24) is 9.03 Å². The molecule has 1 N–H and O–H groups in total. The van der Waals surface area contributed by atoms with Gasteiger partial charge in [0.25, 0.3) is 0 Å². The number of halogens is 1. The summed E-state index contributed by atoms with van der Waals surface area (Å²) in [6.07, 6.45) is 1.09. The Morgan fingerprint density at radius 2 is 1.79 bits per heavy atom. The van der Waals surface area contributed by atoms with E-state index >= 15 is 0 Å². The highest BCUT2D eigenvalue weighted by molar-refractivity contribution is 7.89. The standard InChI is InChI=1S/C14H23ClN2O5S2/c1-14(2,3)17(23(5,18)19)9-8-16-24(20,21)13-10-11(15)6-7-12(13)22-4/h6-7,10,16H,8-9H2,1-5H3. The first-order chi connectivity index (χ1) is 10.8. The number of nitrogens with zero attached hydrogens (tertiary/aromatic N) is 1. The molecule has 0 aromatic heterocycles. The highest BCUT2D eigenvalue weighted by atomic mass is 35.5. The van der Waals surface area contributed by atoms with Gasteiger partial charge in [0.15, 0.2) is 0 Å². The molecule has 0 aliphatic rings. The van der Waals surface area contributed by atoms with Crippen molar-refractivity contribution >= 4 is 31.6 Å². The van der Waals surface area contributed by atoms with Crippen LogP contribution in [0.2, 0.25) is 5.02 Å². The Morgan fingerprint density at radius 1 is 1.21 bits per heavy atom. The van der Waals surface area contributed by atoms with Crippen LogP contribution in [0.15, 0.2) is 23.1 Å². The van der Waals surface area contributed by atoms with Gasteiger partial charge in [0.05, 0.1) is 13.4 Å². The van der Waals surface area contributed by atoms with Crippen LogP contribution in [-0.4, -0.2) is 53.1 Å². The topological polar surface area (TPSA) is 92.8 Å². The summed E-state index contributed by atoms with van der Waals surface area (Å²) < 4.78 is 57.2. The Labute approximate surface area is 149 Å². The number of ether oxygens (including phenoxy) is 1. The summed E-state index contributed by atoms with van der Waals surface area (Å²) in [4.78, 5) is -0.0980. The first kappa shape index (κ1) is 21.2. The van der Waals surface area contributed by atoms with E-state index in [2.05, 4.69) is 4.72 Å². The molecule has 1 aromatic rings. The predicted molar refractivity (Wildman–Crippen MR) is 94.5 cm³/mol. The van der Waals surface area contributed by atoms with Crippen molar-refractivity contribution in [2.45, 2.75) is 31.2 Å². The fraction of sp³-hybridized carbons (Fsp3) is 0.571. The number of benzene rings is 1. The third-order valence-electron chi connectivity index (χ3n) is 3.17. The third-order valence-corrected chi connectivity index (χ3v) is 6.42. The molecule has 7 nitrogen and oxygen atoms in total. The van der Waals surface area contributed by atoms with Crippen molar-refractivity contribution in [2.24, 2.45) is 0 Å². The zero-order valence-electron chi connectivity index (χ0n) is 14.3. The number of hydrogen-bond acceptors (Lipinski definition) is 5. The number of methoxy groups -OCH3 is 1. The maximum atomic E-state index is 12.4. The minimum atomic E-state index is -3.89. The molecule has 0 unspecified atom stereocenters. The molecular weight excluding hydrogens is 376 g/mol. The van der Waals surface area contributed by atoms with Crippen molar-refractivity contribution in [3.63, 3.8) is 0 Å². The summed E-state index contributed by atoms with van der Waals surface area (Å²) in [6, 6.07) is 4.25. The van der Waals surface area contributed by atoms with Gasteiger partial charge in [-0.3, -0.25) is 0 Å². The van der Waals surface area contributed by atoms with Gasteiger partial charge >= 0.3 is 0 Å². The largest absolute Gasteiger partial charge is 0.495 e. The molecule has 0 saturated heterocycles. The second-order valence-corrected chi connectivity index (χ2v) is 10.3. The maximum absolute atomic E-state index is 12.4. The van der Waals surface area contributed by atoms with E-state index in [1.165, 1.54) is 29.6 Å². The maximum Gasteiger partial charge on any atom is 0.244 e. The van der Waals surface area contributed by atoms with Crippen LogP contribution in [0, 0.1) is 0 Å². The Morgan fingerprint density at radius 3 is 2.25 bits per heavy atom. The van der Waals surface area contributed by atoms with Crippen molar-refractivity contribution < 1.29 is 21.6 Å². The molecule has 0 fully saturated rings. The van der Waals surface area contributed by atoms with Crippen molar-refractivity contribution in [2.75, 3.05) is 26.5 Å². The molecule has 0 bridgehead atoms. The highest BCUT2D eigenvalue weighted by Gasteiger charge is 2.29. The molecule has 0 aliphatic heterocycles. The SMILES string of the molecule is COc1ccc(Cl)cc1S(=O)(=O)NCCN(C(C)(C)C)S(C)(=O)=O. The Bertz CT molecular complexity index is 786. The van der Waals surface area contributed by atoms with Crippen LogP contribution in [0.3, 0.4) is 0 Å². The predicted octanol–water partition coefficient (Wildman–Crippen LogP) is 1.69. The molecule has 0 radical (unpaired) electrons. The van der Waals surface area contributed by atoms with E-state index in [0.29, 0.717) is 0 Å². The molecule has 0 saturated carbocycles. The van der Waals surface area contributed by atoms with Crippen LogP contribution in [0.4, 0.5) is 0 Å². The Kier molecular flexibility index (Phi) is 6.68. The van der Waals surface area contributed by atoms with Gasteiger partial charge in [-0.05, 0) is 39.0 Å². The van der Waals surface area contributed by atoms with Gasteiger partial charge in [-0.2, -0.15) is 4.31 Å². The molecule has 138 valence electrons. The lowest BCUT2D eigenvalue weighted by molar-refractivity contribution is 0.254. The number of rotatable bonds is 7. The van der Waals surface area contributed by atoms with Gasteiger partial charge in [0.1, 0.15) is 10.6 Å². The average Bonchev–Trinajstić information content (AvgIpc) is 2.40. The van der Waals surface area contributed by atoms with Crippen LogP contribution in [0.25, 0.3) is 0 Å². The quantitative estimate of drug-likeness (QED) is 0.754. The van der Waals surface area contributed by atoms with Crippen LogP contribution in [0.5, 0.6) is 5.75 Å². The summed E-state index contributed by atoms with van der Waals surface area (Å²) in [6.45, 7) is 5.14. The Balaban J connectivity index is 2.96. The molecule has 0 spiro atoms. The monoisotopic (exact) mass is 398 g/mol. The fourth-order valence-electron chi connectivity index (χ4n) is 2.22. The highest BCUT2D eigenvalue weighted by Crippen LogP contribution is 2.26. The third kappa shape index (κ3) is 5.59. The van der Waals surface area contributed by atoms with Gasteiger partial charge in [0.2, 0.25) is 20.0 Å². The minimum Gasteiger partial charge on any atom is -0.495 e. The van der Waals surface area contributed by atoms with Gasteiger partial charge in [-0.15, -0.1) is 0 Å². The number of sulfonamides is 2. The summed E-state index contributed by atoms with van der Waals surface area (Å²) in [5.74, 6) is 0.155. The lowest BCUT2D eigenvalue weighted by atomic mass is 10.1. The molecule has 24 heavy (non-hydrogen) atoms. The molecule has 1 aromatic carbocycles. The molecule has 1 rings (SSSR count). The molecule has 0 heterocycles. The summed E-state index contributed by atoms with van der Waals surface area (Å²) >= 11 is 5.85. The summed E-state index contributed by atoms with van der Waals surface area (Å²) in [5.41, 5.74) is -0.660. The molecule has 0 aliphatic carbocycles. The van der Waals surface area contributed by atoms with Crippen molar-refractivity contribution in [3.8, 4) is 5.75 Å². The molecular formula is C14H23ClN2O5S2. The molecule has 10 heteroatoms. The smallest absolute Gasteiger partial charge is 0.244 e. The second-order valence-electron chi connectivity index (χ2n) is 6.20. The summed E-state index contributed by atoms with van der Waals surface area (Å²) in [7, 11) is -6.01. The normalized spacial score (nSPS) is 13.3. The first-order valence-electron chi connectivity index (χ1n) is 7.10. The Hall–Kier alpha value is -0.870. The number of hydrogen-bond donors (Lipinski definition) is 1. The van der Waals surface area contributed by atoms with Crippen LogP contribution < -0.4 is 9.46 Å². The first-order valence-corrected chi connectivity index (χ1v) is 10.8. The van der Waals surface area contributed by atoms with E-state index in [4.69, 9.17) is 16.3 Å². The lowest BCUT2D eigenvalue weighted by Crippen LogP contribution is -2.48. The van der Waals surface area contributed by atoms with Gasteiger partial charge < -0.3 is 4.74 Å².